The van der Waals surface area contributed by atoms with Crippen molar-refractivity contribution >= 4 is 21.6 Å². The Balaban J connectivity index is 1.43. The fourth-order valence-electron chi connectivity index (χ4n) is 3.59. The molecular formula is C20H20F2N4O3S. The number of amides is 1. The Hall–Kier alpha value is -2.85. The summed E-state index contributed by atoms with van der Waals surface area (Å²) in [6, 6.07) is 6.76. The molecule has 1 saturated heterocycles. The van der Waals surface area contributed by atoms with Gasteiger partial charge in [0.15, 0.2) is 4.90 Å². The van der Waals surface area contributed by atoms with Gasteiger partial charge in [-0.1, -0.05) is 12.1 Å². The molecule has 4 rings (SSSR count). The zero-order valence-electron chi connectivity index (χ0n) is 16.3. The number of hydrogen-bond acceptors (Lipinski definition) is 4. The molecule has 0 aliphatic carbocycles. The summed E-state index contributed by atoms with van der Waals surface area (Å²) in [5, 5.41) is 0. The second-order valence-corrected chi connectivity index (χ2v) is 9.04. The summed E-state index contributed by atoms with van der Waals surface area (Å²) in [6.07, 6.45) is 3.74. The van der Waals surface area contributed by atoms with Crippen LogP contribution in [0.3, 0.4) is 0 Å². The Labute approximate surface area is 172 Å². The molecule has 2 aromatic heterocycles. The van der Waals surface area contributed by atoms with E-state index < -0.39 is 26.6 Å². The summed E-state index contributed by atoms with van der Waals surface area (Å²) < 4.78 is 56.1. The van der Waals surface area contributed by atoms with E-state index in [4.69, 9.17) is 0 Å². The number of carbonyl (C=O) groups excluding carboxylic acids is 1. The van der Waals surface area contributed by atoms with Gasteiger partial charge in [0.25, 0.3) is 0 Å². The molecule has 158 valence electrons. The van der Waals surface area contributed by atoms with Crippen LogP contribution in [0.2, 0.25) is 0 Å². The fourth-order valence-corrected chi connectivity index (χ4v) is 5.12. The smallest absolute Gasteiger partial charge is 0.249 e. The van der Waals surface area contributed by atoms with Gasteiger partial charge < -0.3 is 9.30 Å². The van der Waals surface area contributed by atoms with Gasteiger partial charge in [-0.25, -0.2) is 22.2 Å². The number of aryl methyl sites for hydroxylation is 1. The molecule has 0 unspecified atom stereocenters. The second kappa shape index (κ2) is 7.77. The van der Waals surface area contributed by atoms with Gasteiger partial charge in [-0.2, -0.15) is 4.31 Å². The topological polar surface area (TPSA) is 75.0 Å². The summed E-state index contributed by atoms with van der Waals surface area (Å²) in [6.45, 7) is 2.14. The van der Waals surface area contributed by atoms with Crippen LogP contribution in [-0.4, -0.2) is 59.1 Å². The molecule has 0 N–H and O–H groups in total. The molecule has 1 aromatic carbocycles. The first-order valence-corrected chi connectivity index (χ1v) is 10.9. The number of benzene rings is 1. The largest absolute Gasteiger partial charge is 0.340 e. The molecule has 0 spiro atoms. The molecule has 0 radical (unpaired) electrons. The number of imidazole rings is 1. The first-order valence-electron chi connectivity index (χ1n) is 9.42. The average molecular weight is 434 g/mol. The lowest BCUT2D eigenvalue weighted by atomic mass is 10.2. The van der Waals surface area contributed by atoms with E-state index in [1.807, 2.05) is 29.7 Å². The van der Waals surface area contributed by atoms with Crippen molar-refractivity contribution < 1.29 is 22.0 Å². The van der Waals surface area contributed by atoms with E-state index in [1.165, 1.54) is 0 Å². The maximum atomic E-state index is 13.9. The molecule has 10 heteroatoms. The summed E-state index contributed by atoms with van der Waals surface area (Å²) >= 11 is 0. The predicted octanol–water partition coefficient (Wildman–Crippen LogP) is 2.00. The van der Waals surface area contributed by atoms with Gasteiger partial charge >= 0.3 is 0 Å². The Morgan fingerprint density at radius 1 is 1.07 bits per heavy atom. The van der Waals surface area contributed by atoms with Crippen LogP contribution in [0.15, 0.2) is 47.6 Å². The lowest BCUT2D eigenvalue weighted by Crippen LogP contribution is -2.51. The highest BCUT2D eigenvalue weighted by molar-refractivity contribution is 7.89. The van der Waals surface area contributed by atoms with Crippen molar-refractivity contribution in [1.29, 1.82) is 0 Å². The van der Waals surface area contributed by atoms with Crippen LogP contribution in [0.4, 0.5) is 8.78 Å². The van der Waals surface area contributed by atoms with Gasteiger partial charge in [0, 0.05) is 38.6 Å². The molecule has 7 nitrogen and oxygen atoms in total. The van der Waals surface area contributed by atoms with Crippen molar-refractivity contribution in [3.05, 3.63) is 65.6 Å². The molecular weight excluding hydrogens is 414 g/mol. The van der Waals surface area contributed by atoms with Crippen LogP contribution in [-0.2, 0) is 21.2 Å². The predicted molar refractivity (Wildman–Crippen MR) is 105 cm³/mol. The molecule has 1 aliphatic heterocycles. The number of hydrogen-bond donors (Lipinski definition) is 0. The van der Waals surface area contributed by atoms with Crippen molar-refractivity contribution in [3.63, 3.8) is 0 Å². The van der Waals surface area contributed by atoms with E-state index in [0.717, 1.165) is 33.7 Å². The zero-order chi connectivity index (χ0) is 21.5. The average Bonchev–Trinajstić information content (AvgIpc) is 3.11. The molecule has 1 fully saturated rings. The summed E-state index contributed by atoms with van der Waals surface area (Å²) in [4.78, 5) is 17.7. The molecule has 1 aliphatic rings. The van der Waals surface area contributed by atoms with Gasteiger partial charge in [-0.05, 0) is 30.7 Å². The lowest BCUT2D eigenvalue weighted by Gasteiger charge is -2.34. The van der Waals surface area contributed by atoms with Crippen LogP contribution >= 0.6 is 0 Å². The van der Waals surface area contributed by atoms with Crippen LogP contribution < -0.4 is 0 Å². The standard InChI is InChI=1S/C20H20F2N4O3S/c1-14-4-3-7-25-13-15(23-20(14)25)12-18(27)24-8-10-26(11-9-24)30(28,29)19-16(21)5-2-6-17(19)22/h2-7,13H,8-12H2,1H3. The van der Waals surface area contributed by atoms with Gasteiger partial charge in [0.05, 0.1) is 12.1 Å². The van der Waals surface area contributed by atoms with E-state index in [2.05, 4.69) is 4.98 Å². The minimum absolute atomic E-state index is 0.0356. The summed E-state index contributed by atoms with van der Waals surface area (Å²) in [7, 11) is -4.32. The third-order valence-corrected chi connectivity index (χ3v) is 7.12. The highest BCUT2D eigenvalue weighted by Crippen LogP contribution is 2.23. The molecule has 1 amide bonds. The number of piperazine rings is 1. The van der Waals surface area contributed by atoms with Crippen LogP contribution in [0.25, 0.3) is 5.65 Å². The Kier molecular flexibility index (Phi) is 5.29. The SMILES string of the molecule is Cc1cccn2cc(CC(=O)N3CCN(S(=O)(=O)c4c(F)cccc4F)CC3)nc12. The zero-order valence-corrected chi connectivity index (χ0v) is 17.1. The van der Waals surface area contributed by atoms with Gasteiger partial charge in [0.1, 0.15) is 17.3 Å². The monoisotopic (exact) mass is 434 g/mol. The van der Waals surface area contributed by atoms with Gasteiger partial charge in [0.2, 0.25) is 15.9 Å². The number of halogens is 2. The second-order valence-electron chi connectivity index (χ2n) is 7.17. The van der Waals surface area contributed by atoms with Crippen LogP contribution in [0, 0.1) is 18.6 Å². The van der Waals surface area contributed by atoms with E-state index in [0.29, 0.717) is 5.69 Å². The van der Waals surface area contributed by atoms with Crippen molar-refractivity contribution in [2.24, 2.45) is 0 Å². The molecule has 3 aromatic rings. The lowest BCUT2D eigenvalue weighted by molar-refractivity contribution is -0.131. The minimum Gasteiger partial charge on any atom is -0.340 e. The maximum Gasteiger partial charge on any atom is 0.249 e. The first kappa shape index (κ1) is 20.4. The Morgan fingerprint density at radius 2 is 1.73 bits per heavy atom. The number of nitrogens with zero attached hydrogens (tertiary/aromatic N) is 4. The number of sulfonamides is 1. The number of rotatable bonds is 4. The maximum absolute atomic E-state index is 13.9. The summed E-state index contributed by atoms with van der Waals surface area (Å²) in [5.74, 6) is -2.43. The normalized spacial score (nSPS) is 15.6. The van der Waals surface area contributed by atoms with Crippen molar-refractivity contribution in [2.75, 3.05) is 26.2 Å². The van der Waals surface area contributed by atoms with Gasteiger partial charge in [-0.15, -0.1) is 0 Å². The van der Waals surface area contributed by atoms with E-state index in [1.54, 1.807) is 11.1 Å². The molecule has 30 heavy (non-hydrogen) atoms. The first-order chi connectivity index (χ1) is 14.3. The molecule has 0 bridgehead atoms. The van der Waals surface area contributed by atoms with Gasteiger partial charge in [-0.3, -0.25) is 4.79 Å². The molecule has 3 heterocycles. The Bertz CT molecular complexity index is 1200. The number of pyridine rings is 1. The van der Waals surface area contributed by atoms with Crippen molar-refractivity contribution in [3.8, 4) is 0 Å². The summed E-state index contributed by atoms with van der Waals surface area (Å²) in [5.41, 5.74) is 2.40. The highest BCUT2D eigenvalue weighted by Gasteiger charge is 2.34. The number of aromatic nitrogens is 2. The van der Waals surface area contributed by atoms with Crippen molar-refractivity contribution in [2.45, 2.75) is 18.2 Å². The minimum atomic E-state index is -4.32. The third-order valence-electron chi connectivity index (χ3n) is 5.17. The Morgan fingerprint density at radius 3 is 2.37 bits per heavy atom. The van der Waals surface area contributed by atoms with E-state index in [-0.39, 0.29) is 38.5 Å². The van der Waals surface area contributed by atoms with Crippen LogP contribution in [0.1, 0.15) is 11.3 Å². The number of carbonyl (C=O) groups is 1. The number of fused-ring (bicyclic) bond motifs is 1. The van der Waals surface area contributed by atoms with E-state index in [9.17, 15) is 22.0 Å². The fraction of sp³-hybridized carbons (Fsp3) is 0.300. The van der Waals surface area contributed by atoms with Crippen LogP contribution in [0.5, 0.6) is 0 Å². The highest BCUT2D eigenvalue weighted by atomic mass is 32.2. The quantitative estimate of drug-likeness (QED) is 0.630. The van der Waals surface area contributed by atoms with Crippen molar-refractivity contribution in [1.82, 2.24) is 18.6 Å². The third kappa shape index (κ3) is 3.68. The molecule has 0 saturated carbocycles. The molecule has 0 atom stereocenters. The van der Waals surface area contributed by atoms with E-state index >= 15 is 0 Å².